The number of fused-ring (bicyclic) bond motifs is 1. The molecule has 2 saturated carbocycles. The Morgan fingerprint density at radius 2 is 1.80 bits per heavy atom. The lowest BCUT2D eigenvalue weighted by Gasteiger charge is -2.25. The zero-order valence-electron chi connectivity index (χ0n) is 17.7. The van der Waals surface area contributed by atoms with E-state index >= 15 is 0 Å². The molecular weight excluding hydrogens is 412 g/mol. The third-order valence-corrected chi connectivity index (χ3v) is 8.64. The molecular formula is C22H28N6S2. The van der Waals surface area contributed by atoms with Gasteiger partial charge >= 0.3 is 0 Å². The standard InChI is InChI=1S/C22H28N6S2/c1-13-14(2)29-20-18(13)21(24-17(23-20)12-27-10-4-3-5-11-27)30-22-26-25-19(15-6-7-15)28(22)16-8-9-16/h15-16H,3-12H2,1-2H3. The first-order chi connectivity index (χ1) is 14.7. The van der Waals surface area contributed by atoms with Gasteiger partial charge in [0.25, 0.3) is 0 Å². The highest BCUT2D eigenvalue weighted by molar-refractivity contribution is 7.99. The number of likely N-dealkylation sites (tertiary alicyclic amines) is 1. The molecule has 1 saturated heterocycles. The minimum Gasteiger partial charge on any atom is -0.302 e. The van der Waals surface area contributed by atoms with Crippen LogP contribution in [0.5, 0.6) is 0 Å². The molecule has 0 bridgehead atoms. The van der Waals surface area contributed by atoms with Crippen LogP contribution in [0.25, 0.3) is 10.2 Å². The van der Waals surface area contributed by atoms with Crippen LogP contribution in [0.2, 0.25) is 0 Å². The maximum Gasteiger partial charge on any atom is 0.197 e. The van der Waals surface area contributed by atoms with Crippen LogP contribution >= 0.6 is 23.1 Å². The van der Waals surface area contributed by atoms with Gasteiger partial charge in [-0.25, -0.2) is 9.97 Å². The first-order valence-electron chi connectivity index (χ1n) is 11.3. The first kappa shape index (κ1) is 19.2. The van der Waals surface area contributed by atoms with E-state index in [0.29, 0.717) is 12.0 Å². The van der Waals surface area contributed by atoms with Crippen molar-refractivity contribution in [2.45, 2.75) is 87.5 Å². The largest absolute Gasteiger partial charge is 0.302 e. The molecule has 6 rings (SSSR count). The van der Waals surface area contributed by atoms with Crippen LogP contribution in [0.4, 0.5) is 0 Å². The predicted octanol–water partition coefficient (Wildman–Crippen LogP) is 5.25. The molecule has 1 aliphatic heterocycles. The normalized spacial score (nSPS) is 20.3. The Labute approximate surface area is 185 Å². The van der Waals surface area contributed by atoms with Crippen molar-refractivity contribution < 1.29 is 0 Å². The molecule has 2 aliphatic carbocycles. The fourth-order valence-electron chi connectivity index (χ4n) is 4.46. The number of rotatable bonds is 6. The third kappa shape index (κ3) is 3.56. The van der Waals surface area contributed by atoms with Crippen LogP contribution in [0.15, 0.2) is 10.2 Å². The van der Waals surface area contributed by atoms with Crippen molar-refractivity contribution in [3.63, 3.8) is 0 Å². The quantitative estimate of drug-likeness (QED) is 0.488. The Morgan fingerprint density at radius 3 is 2.53 bits per heavy atom. The highest BCUT2D eigenvalue weighted by Crippen LogP contribution is 2.47. The summed E-state index contributed by atoms with van der Waals surface area (Å²) in [6.07, 6.45) is 8.95. The van der Waals surface area contributed by atoms with E-state index in [1.54, 1.807) is 23.1 Å². The molecule has 158 valence electrons. The van der Waals surface area contributed by atoms with Crippen molar-refractivity contribution in [1.82, 2.24) is 29.6 Å². The monoisotopic (exact) mass is 440 g/mol. The Hall–Kier alpha value is -1.51. The van der Waals surface area contributed by atoms with Gasteiger partial charge in [0.1, 0.15) is 21.5 Å². The van der Waals surface area contributed by atoms with E-state index in [9.17, 15) is 0 Å². The summed E-state index contributed by atoms with van der Waals surface area (Å²) in [6, 6.07) is 0.591. The average molecular weight is 441 g/mol. The molecule has 0 atom stereocenters. The average Bonchev–Trinajstić information content (AvgIpc) is 3.67. The van der Waals surface area contributed by atoms with Crippen LogP contribution in [-0.4, -0.2) is 42.7 Å². The molecule has 0 unspecified atom stereocenters. The Morgan fingerprint density at radius 1 is 1.00 bits per heavy atom. The number of hydrogen-bond acceptors (Lipinski definition) is 7. The van der Waals surface area contributed by atoms with Gasteiger partial charge in [-0.3, -0.25) is 4.90 Å². The van der Waals surface area contributed by atoms with E-state index in [1.807, 2.05) is 0 Å². The van der Waals surface area contributed by atoms with E-state index in [-0.39, 0.29) is 0 Å². The van der Waals surface area contributed by atoms with Crippen molar-refractivity contribution in [1.29, 1.82) is 0 Å². The third-order valence-electron chi connectivity index (χ3n) is 6.59. The van der Waals surface area contributed by atoms with Gasteiger partial charge in [0.15, 0.2) is 5.16 Å². The molecule has 4 heterocycles. The maximum atomic E-state index is 5.09. The summed E-state index contributed by atoms with van der Waals surface area (Å²) in [5.41, 5.74) is 1.31. The van der Waals surface area contributed by atoms with Crippen LogP contribution < -0.4 is 0 Å². The minimum atomic E-state index is 0.591. The van der Waals surface area contributed by atoms with E-state index in [2.05, 4.69) is 33.5 Å². The van der Waals surface area contributed by atoms with Gasteiger partial charge in [-0.2, -0.15) is 0 Å². The molecule has 0 radical (unpaired) electrons. The van der Waals surface area contributed by atoms with Gasteiger partial charge < -0.3 is 4.57 Å². The molecule has 6 nitrogen and oxygen atoms in total. The number of aryl methyl sites for hydroxylation is 2. The van der Waals surface area contributed by atoms with Crippen molar-refractivity contribution >= 4 is 33.3 Å². The van der Waals surface area contributed by atoms with E-state index < -0.39 is 0 Å². The molecule has 3 aliphatic rings. The highest BCUT2D eigenvalue weighted by Gasteiger charge is 2.36. The van der Waals surface area contributed by atoms with Gasteiger partial charge in [-0.15, -0.1) is 21.5 Å². The summed E-state index contributed by atoms with van der Waals surface area (Å²) in [6.45, 7) is 7.56. The second-order valence-electron chi connectivity index (χ2n) is 9.06. The van der Waals surface area contributed by atoms with E-state index in [1.165, 1.54) is 66.6 Å². The number of nitrogens with zero attached hydrogens (tertiary/aromatic N) is 6. The predicted molar refractivity (Wildman–Crippen MR) is 120 cm³/mol. The van der Waals surface area contributed by atoms with E-state index in [0.717, 1.165) is 40.5 Å². The van der Waals surface area contributed by atoms with Crippen molar-refractivity contribution in [2.75, 3.05) is 13.1 Å². The number of thiophene rings is 1. The highest BCUT2D eigenvalue weighted by atomic mass is 32.2. The molecule has 0 amide bonds. The first-order valence-corrected chi connectivity index (χ1v) is 12.9. The number of piperidine rings is 1. The molecule has 8 heteroatoms. The zero-order chi connectivity index (χ0) is 20.2. The van der Waals surface area contributed by atoms with Crippen LogP contribution in [0.3, 0.4) is 0 Å². The molecule has 3 aromatic rings. The molecule has 0 N–H and O–H groups in total. The van der Waals surface area contributed by atoms with Gasteiger partial charge in [0.2, 0.25) is 0 Å². The lowest BCUT2D eigenvalue weighted by molar-refractivity contribution is 0.216. The summed E-state index contributed by atoms with van der Waals surface area (Å²) in [4.78, 5) is 15.0. The van der Waals surface area contributed by atoms with Gasteiger partial charge in [-0.1, -0.05) is 6.42 Å². The molecule has 0 aromatic carbocycles. The van der Waals surface area contributed by atoms with Crippen LogP contribution in [0.1, 0.15) is 79.0 Å². The van der Waals surface area contributed by atoms with E-state index in [4.69, 9.17) is 9.97 Å². The van der Waals surface area contributed by atoms with Gasteiger partial charge in [-0.05, 0) is 82.8 Å². The Kier molecular flexibility index (Phi) is 4.84. The summed E-state index contributed by atoms with van der Waals surface area (Å²) >= 11 is 3.50. The summed E-state index contributed by atoms with van der Waals surface area (Å²) < 4.78 is 2.43. The molecule has 3 aromatic heterocycles. The lowest BCUT2D eigenvalue weighted by Crippen LogP contribution is -2.29. The van der Waals surface area contributed by atoms with Crippen molar-refractivity contribution in [2.24, 2.45) is 0 Å². The lowest BCUT2D eigenvalue weighted by atomic mass is 10.1. The second-order valence-corrected chi connectivity index (χ2v) is 11.2. The number of hydrogen-bond donors (Lipinski definition) is 0. The van der Waals surface area contributed by atoms with Crippen LogP contribution in [0, 0.1) is 13.8 Å². The zero-order valence-corrected chi connectivity index (χ0v) is 19.4. The summed E-state index contributed by atoms with van der Waals surface area (Å²) in [5.74, 6) is 2.78. The summed E-state index contributed by atoms with van der Waals surface area (Å²) in [5, 5.41) is 12.5. The fraction of sp³-hybridized carbons (Fsp3) is 0.636. The second kappa shape index (κ2) is 7.57. The van der Waals surface area contributed by atoms with Gasteiger partial charge in [0, 0.05) is 22.2 Å². The fourth-order valence-corrected chi connectivity index (χ4v) is 6.67. The smallest absolute Gasteiger partial charge is 0.197 e. The summed E-state index contributed by atoms with van der Waals surface area (Å²) in [7, 11) is 0. The molecule has 3 fully saturated rings. The van der Waals surface area contributed by atoms with Crippen molar-refractivity contribution in [3.05, 3.63) is 22.1 Å². The van der Waals surface area contributed by atoms with Crippen LogP contribution in [-0.2, 0) is 6.54 Å². The number of aromatic nitrogens is 5. The molecule has 0 spiro atoms. The maximum absolute atomic E-state index is 5.09. The van der Waals surface area contributed by atoms with Crippen molar-refractivity contribution in [3.8, 4) is 0 Å². The SMILES string of the molecule is Cc1sc2nc(CN3CCCCC3)nc(Sc3nnc(C4CC4)n3C3CC3)c2c1C. The Bertz CT molecular complexity index is 1090. The topological polar surface area (TPSA) is 59.7 Å². The minimum absolute atomic E-state index is 0.591. The Balaban J connectivity index is 1.39. The van der Waals surface area contributed by atoms with Gasteiger partial charge in [0.05, 0.1) is 6.54 Å². The molecule has 30 heavy (non-hydrogen) atoms.